The fourth-order valence-electron chi connectivity index (χ4n) is 1.63. The van der Waals surface area contributed by atoms with E-state index in [1.54, 1.807) is 0 Å². The molecule has 2 aromatic rings. The van der Waals surface area contributed by atoms with Crippen LogP contribution in [-0.4, -0.2) is 17.4 Å². The van der Waals surface area contributed by atoms with Gasteiger partial charge in [-0.25, -0.2) is 4.39 Å². The normalized spacial score (nSPS) is 11.1. The summed E-state index contributed by atoms with van der Waals surface area (Å²) in [5.74, 6) is -3.22. The van der Waals surface area contributed by atoms with Crippen molar-refractivity contribution in [1.29, 1.82) is 0 Å². The number of halogens is 4. The van der Waals surface area contributed by atoms with Crippen molar-refractivity contribution in [1.82, 2.24) is 0 Å². The van der Waals surface area contributed by atoms with Crippen LogP contribution in [0.5, 0.6) is 11.5 Å². The molecule has 2 N–H and O–H groups in total. The molecule has 0 fully saturated rings. The number of nitrogens with one attached hydrogen (secondary N) is 1. The monoisotopic (exact) mass is 315 g/mol. The number of anilines is 1. The Morgan fingerprint density at radius 3 is 2.50 bits per heavy atom. The van der Waals surface area contributed by atoms with Crippen LogP contribution in [0.2, 0.25) is 0 Å². The summed E-state index contributed by atoms with van der Waals surface area (Å²) in [6, 6.07) is 7.90. The van der Waals surface area contributed by atoms with E-state index in [4.69, 9.17) is 0 Å². The summed E-state index contributed by atoms with van der Waals surface area (Å²) in [5.41, 5.74) is -0.00314. The first-order chi connectivity index (χ1) is 10.2. The molecular formula is C14H9F4NO3. The van der Waals surface area contributed by atoms with Gasteiger partial charge in [0.15, 0.2) is 11.6 Å². The molecule has 4 nitrogen and oxygen atoms in total. The molecule has 0 radical (unpaired) electrons. The first-order valence-electron chi connectivity index (χ1n) is 5.90. The molecule has 0 spiro atoms. The largest absolute Gasteiger partial charge is 0.573 e. The van der Waals surface area contributed by atoms with Gasteiger partial charge in [-0.2, -0.15) is 0 Å². The van der Waals surface area contributed by atoms with E-state index in [9.17, 15) is 27.5 Å². The van der Waals surface area contributed by atoms with Gasteiger partial charge in [-0.05, 0) is 30.3 Å². The van der Waals surface area contributed by atoms with E-state index < -0.39 is 23.8 Å². The lowest BCUT2D eigenvalue weighted by Gasteiger charge is -2.11. The highest BCUT2D eigenvalue weighted by Gasteiger charge is 2.32. The third-order valence-corrected chi connectivity index (χ3v) is 2.52. The van der Waals surface area contributed by atoms with Crippen molar-refractivity contribution in [2.75, 3.05) is 5.32 Å². The lowest BCUT2D eigenvalue weighted by Crippen LogP contribution is -2.19. The van der Waals surface area contributed by atoms with Gasteiger partial charge in [0.25, 0.3) is 5.91 Å². The maximum atomic E-state index is 13.3. The van der Waals surface area contributed by atoms with Crippen molar-refractivity contribution >= 4 is 11.6 Å². The van der Waals surface area contributed by atoms with Gasteiger partial charge in [0, 0.05) is 17.3 Å². The first kappa shape index (κ1) is 15.6. The quantitative estimate of drug-likeness (QED) is 0.850. The second-order valence-corrected chi connectivity index (χ2v) is 4.20. The number of phenolic OH excluding ortho intramolecular Hbond substituents is 1. The summed E-state index contributed by atoms with van der Waals surface area (Å²) in [6.45, 7) is 0. The fourth-order valence-corrected chi connectivity index (χ4v) is 1.63. The van der Waals surface area contributed by atoms with E-state index in [0.717, 1.165) is 6.07 Å². The van der Waals surface area contributed by atoms with Crippen LogP contribution in [0.1, 0.15) is 10.4 Å². The van der Waals surface area contributed by atoms with Gasteiger partial charge in [-0.15, -0.1) is 13.2 Å². The highest BCUT2D eigenvalue weighted by atomic mass is 19.4. The average molecular weight is 315 g/mol. The lowest BCUT2D eigenvalue weighted by molar-refractivity contribution is -0.275. The Hall–Kier alpha value is -2.77. The Balaban J connectivity index is 2.21. The molecule has 116 valence electrons. The number of ether oxygens (including phenoxy) is 1. The molecule has 22 heavy (non-hydrogen) atoms. The van der Waals surface area contributed by atoms with Crippen molar-refractivity contribution in [2.45, 2.75) is 6.36 Å². The highest BCUT2D eigenvalue weighted by molar-refractivity contribution is 6.04. The van der Waals surface area contributed by atoms with Gasteiger partial charge in [0.1, 0.15) is 5.75 Å². The van der Waals surface area contributed by atoms with Gasteiger partial charge < -0.3 is 15.2 Å². The van der Waals surface area contributed by atoms with Crippen molar-refractivity contribution in [3.63, 3.8) is 0 Å². The molecule has 0 saturated carbocycles. The second kappa shape index (κ2) is 5.92. The standard InChI is InChI=1S/C14H9F4NO3/c15-11-5-4-8(6-12(11)22-14(16,17)18)13(21)19-9-2-1-3-10(20)7-9/h1-7,20H,(H,19,21). The summed E-state index contributed by atoms with van der Waals surface area (Å²) in [4.78, 5) is 11.9. The van der Waals surface area contributed by atoms with E-state index in [-0.39, 0.29) is 17.0 Å². The number of phenols is 1. The van der Waals surface area contributed by atoms with E-state index >= 15 is 0 Å². The van der Waals surface area contributed by atoms with Crippen LogP contribution < -0.4 is 10.1 Å². The Morgan fingerprint density at radius 2 is 1.86 bits per heavy atom. The fraction of sp³-hybridized carbons (Fsp3) is 0.0714. The molecule has 0 aliphatic heterocycles. The van der Waals surface area contributed by atoms with E-state index in [1.807, 2.05) is 0 Å². The number of alkyl halides is 3. The van der Waals surface area contributed by atoms with Gasteiger partial charge in [-0.1, -0.05) is 6.07 Å². The minimum atomic E-state index is -5.07. The molecule has 1 amide bonds. The topological polar surface area (TPSA) is 58.6 Å². The number of benzene rings is 2. The Labute approximate surface area is 121 Å². The first-order valence-corrected chi connectivity index (χ1v) is 5.90. The predicted molar refractivity (Wildman–Crippen MR) is 69.1 cm³/mol. The summed E-state index contributed by atoms with van der Waals surface area (Å²) in [7, 11) is 0. The zero-order valence-corrected chi connectivity index (χ0v) is 10.8. The zero-order valence-electron chi connectivity index (χ0n) is 10.8. The summed E-state index contributed by atoms with van der Waals surface area (Å²) < 4.78 is 53.1. The molecule has 2 aromatic carbocycles. The second-order valence-electron chi connectivity index (χ2n) is 4.20. The van der Waals surface area contributed by atoms with Crippen molar-refractivity contribution in [3.05, 3.63) is 53.8 Å². The van der Waals surface area contributed by atoms with Crippen LogP contribution in [-0.2, 0) is 0 Å². The number of hydrogen-bond donors (Lipinski definition) is 2. The molecule has 0 aliphatic rings. The summed E-state index contributed by atoms with van der Waals surface area (Å²) in [6.07, 6.45) is -5.07. The van der Waals surface area contributed by atoms with Gasteiger partial charge >= 0.3 is 6.36 Å². The summed E-state index contributed by atoms with van der Waals surface area (Å²) >= 11 is 0. The van der Waals surface area contributed by atoms with Crippen LogP contribution in [0.15, 0.2) is 42.5 Å². The van der Waals surface area contributed by atoms with E-state index in [0.29, 0.717) is 12.1 Å². The summed E-state index contributed by atoms with van der Waals surface area (Å²) in [5, 5.41) is 11.6. The SMILES string of the molecule is O=C(Nc1cccc(O)c1)c1ccc(F)c(OC(F)(F)F)c1. The van der Waals surface area contributed by atoms with Gasteiger partial charge in [0.2, 0.25) is 0 Å². The van der Waals surface area contributed by atoms with Crippen molar-refractivity contribution in [2.24, 2.45) is 0 Å². The molecular weight excluding hydrogens is 306 g/mol. The smallest absolute Gasteiger partial charge is 0.508 e. The zero-order chi connectivity index (χ0) is 16.3. The number of hydrogen-bond acceptors (Lipinski definition) is 3. The molecule has 0 atom stereocenters. The number of carbonyl (C=O) groups is 1. The molecule has 0 bridgehead atoms. The maximum Gasteiger partial charge on any atom is 0.573 e. The van der Waals surface area contributed by atoms with Gasteiger partial charge in [-0.3, -0.25) is 4.79 Å². The third-order valence-electron chi connectivity index (χ3n) is 2.52. The molecule has 2 rings (SSSR count). The number of rotatable bonds is 3. The average Bonchev–Trinajstić information content (AvgIpc) is 2.39. The van der Waals surface area contributed by atoms with E-state index in [2.05, 4.69) is 10.1 Å². The number of amides is 1. The van der Waals surface area contributed by atoms with Crippen LogP contribution in [0.25, 0.3) is 0 Å². The van der Waals surface area contributed by atoms with Crippen LogP contribution in [0, 0.1) is 5.82 Å². The molecule has 0 saturated heterocycles. The molecule has 0 aliphatic carbocycles. The molecule has 8 heteroatoms. The molecule has 0 aromatic heterocycles. The van der Waals surface area contributed by atoms with Crippen LogP contribution >= 0.6 is 0 Å². The number of aromatic hydroxyl groups is 1. The minimum Gasteiger partial charge on any atom is -0.508 e. The van der Waals surface area contributed by atoms with Crippen LogP contribution in [0.3, 0.4) is 0 Å². The molecule has 0 unspecified atom stereocenters. The van der Waals surface area contributed by atoms with Crippen LogP contribution in [0.4, 0.5) is 23.2 Å². The third kappa shape index (κ3) is 4.11. The number of carbonyl (C=O) groups excluding carboxylic acids is 1. The maximum absolute atomic E-state index is 13.3. The van der Waals surface area contributed by atoms with Crippen molar-refractivity contribution in [3.8, 4) is 11.5 Å². The Morgan fingerprint density at radius 1 is 1.14 bits per heavy atom. The lowest BCUT2D eigenvalue weighted by atomic mass is 10.2. The molecule has 0 heterocycles. The Bertz CT molecular complexity index is 701. The van der Waals surface area contributed by atoms with Gasteiger partial charge in [0.05, 0.1) is 0 Å². The highest BCUT2D eigenvalue weighted by Crippen LogP contribution is 2.27. The predicted octanol–water partition coefficient (Wildman–Crippen LogP) is 3.68. The Kier molecular flexibility index (Phi) is 4.20. The van der Waals surface area contributed by atoms with E-state index in [1.165, 1.54) is 24.3 Å². The van der Waals surface area contributed by atoms with Crippen molar-refractivity contribution < 1.29 is 32.2 Å². The minimum absolute atomic E-state index is 0.0991.